The molecule has 4 rings (SSSR count). The lowest BCUT2D eigenvalue weighted by molar-refractivity contribution is 0.414. The first-order valence-electron chi connectivity index (χ1n) is 8.76. The van der Waals surface area contributed by atoms with Gasteiger partial charge in [0.2, 0.25) is 5.88 Å². The molecule has 0 saturated carbocycles. The number of nitrogens with zero attached hydrogens (tertiary/aromatic N) is 1. The van der Waals surface area contributed by atoms with E-state index < -0.39 is 0 Å². The molecule has 0 aliphatic heterocycles. The number of phenolic OH excluding ortho intramolecular Hbond substituents is 1. The van der Waals surface area contributed by atoms with Crippen molar-refractivity contribution in [2.75, 3.05) is 14.2 Å². The summed E-state index contributed by atoms with van der Waals surface area (Å²) in [7, 11) is 3.25. The van der Waals surface area contributed by atoms with E-state index in [1.54, 1.807) is 32.6 Å². The molecule has 0 atom stereocenters. The number of rotatable bonds is 5. The van der Waals surface area contributed by atoms with E-state index in [0.717, 1.165) is 28.2 Å². The zero-order chi connectivity index (χ0) is 19.5. The van der Waals surface area contributed by atoms with Crippen LogP contribution >= 0.6 is 0 Å². The van der Waals surface area contributed by atoms with Crippen LogP contribution in [0.25, 0.3) is 22.1 Å². The number of phenols is 1. The molecule has 4 aromatic rings. The SMILES string of the molecule is COc1ccc(C=Nc2oc3cccc(O)c3c2-c2ccc(OC)cc2)cc1. The number of hydrogen-bond acceptors (Lipinski definition) is 5. The first-order valence-corrected chi connectivity index (χ1v) is 8.76. The fourth-order valence-corrected chi connectivity index (χ4v) is 3.06. The zero-order valence-corrected chi connectivity index (χ0v) is 15.5. The van der Waals surface area contributed by atoms with Gasteiger partial charge in [-0.3, -0.25) is 0 Å². The summed E-state index contributed by atoms with van der Waals surface area (Å²) < 4.78 is 16.4. The maximum absolute atomic E-state index is 10.4. The maximum atomic E-state index is 10.4. The summed E-state index contributed by atoms with van der Waals surface area (Å²) in [6.45, 7) is 0. The molecule has 1 heterocycles. The summed E-state index contributed by atoms with van der Waals surface area (Å²) in [6.07, 6.45) is 1.72. The van der Waals surface area contributed by atoms with Crippen LogP contribution in [-0.2, 0) is 0 Å². The van der Waals surface area contributed by atoms with E-state index in [2.05, 4.69) is 4.99 Å². The molecule has 140 valence electrons. The number of benzene rings is 3. The molecule has 1 aromatic heterocycles. The van der Waals surface area contributed by atoms with Crippen LogP contribution in [0.3, 0.4) is 0 Å². The highest BCUT2D eigenvalue weighted by atomic mass is 16.5. The Balaban J connectivity index is 1.82. The summed E-state index contributed by atoms with van der Waals surface area (Å²) in [4.78, 5) is 4.55. The number of fused-ring (bicyclic) bond motifs is 1. The van der Waals surface area contributed by atoms with Gasteiger partial charge in [0.1, 0.15) is 22.8 Å². The molecule has 0 radical (unpaired) electrons. The van der Waals surface area contributed by atoms with Gasteiger partial charge in [-0.05, 0) is 59.7 Å². The highest BCUT2D eigenvalue weighted by Gasteiger charge is 2.18. The van der Waals surface area contributed by atoms with E-state index in [0.29, 0.717) is 16.9 Å². The van der Waals surface area contributed by atoms with Crippen molar-refractivity contribution >= 4 is 23.1 Å². The lowest BCUT2D eigenvalue weighted by atomic mass is 10.0. The molecule has 0 saturated heterocycles. The third-order valence-corrected chi connectivity index (χ3v) is 4.50. The predicted octanol–water partition coefficient (Wildman–Crippen LogP) is 5.57. The molecule has 5 nitrogen and oxygen atoms in total. The minimum Gasteiger partial charge on any atom is -0.507 e. The van der Waals surface area contributed by atoms with Gasteiger partial charge in [0.05, 0.1) is 25.2 Å². The minimum absolute atomic E-state index is 0.151. The summed E-state index contributed by atoms with van der Waals surface area (Å²) in [5, 5.41) is 11.1. The zero-order valence-electron chi connectivity index (χ0n) is 15.5. The normalized spacial score (nSPS) is 11.2. The molecule has 5 heteroatoms. The van der Waals surface area contributed by atoms with E-state index in [-0.39, 0.29) is 5.75 Å². The van der Waals surface area contributed by atoms with Crippen LogP contribution in [0.2, 0.25) is 0 Å². The van der Waals surface area contributed by atoms with Gasteiger partial charge in [-0.15, -0.1) is 0 Å². The quantitative estimate of drug-likeness (QED) is 0.464. The topological polar surface area (TPSA) is 64.2 Å². The Morgan fingerprint density at radius 1 is 0.857 bits per heavy atom. The van der Waals surface area contributed by atoms with Crippen LogP contribution in [0.15, 0.2) is 76.1 Å². The Kier molecular flexibility index (Phi) is 4.72. The molecule has 0 fully saturated rings. The van der Waals surface area contributed by atoms with Gasteiger partial charge in [0, 0.05) is 6.21 Å². The molecule has 0 spiro atoms. The number of furan rings is 1. The van der Waals surface area contributed by atoms with Crippen molar-refractivity contribution in [1.82, 2.24) is 0 Å². The number of hydrogen-bond donors (Lipinski definition) is 1. The van der Waals surface area contributed by atoms with Gasteiger partial charge in [-0.2, -0.15) is 0 Å². The lowest BCUT2D eigenvalue weighted by Gasteiger charge is -2.04. The molecule has 0 aliphatic carbocycles. The van der Waals surface area contributed by atoms with Gasteiger partial charge >= 0.3 is 0 Å². The first kappa shape index (κ1) is 17.7. The fourth-order valence-electron chi connectivity index (χ4n) is 3.06. The Hall–Kier alpha value is -3.73. The Bertz CT molecular complexity index is 1130. The molecule has 28 heavy (non-hydrogen) atoms. The van der Waals surface area contributed by atoms with E-state index in [9.17, 15) is 5.11 Å². The van der Waals surface area contributed by atoms with Crippen molar-refractivity contribution < 1.29 is 19.0 Å². The first-order chi connectivity index (χ1) is 13.7. The molecule has 0 aliphatic rings. The van der Waals surface area contributed by atoms with Crippen LogP contribution in [0, 0.1) is 0 Å². The summed E-state index contributed by atoms with van der Waals surface area (Å²) in [5.74, 6) is 2.12. The van der Waals surface area contributed by atoms with Gasteiger partial charge in [-0.1, -0.05) is 18.2 Å². The molecular weight excluding hydrogens is 354 g/mol. The number of aromatic hydroxyl groups is 1. The summed E-state index contributed by atoms with van der Waals surface area (Å²) in [5.41, 5.74) is 3.10. The smallest absolute Gasteiger partial charge is 0.228 e. The third kappa shape index (κ3) is 3.30. The fraction of sp³-hybridized carbons (Fsp3) is 0.0870. The van der Waals surface area contributed by atoms with E-state index in [1.165, 1.54) is 0 Å². The highest BCUT2D eigenvalue weighted by molar-refractivity contribution is 6.04. The second-order valence-corrected chi connectivity index (χ2v) is 6.19. The minimum atomic E-state index is 0.151. The van der Waals surface area contributed by atoms with Crippen molar-refractivity contribution in [3.8, 4) is 28.4 Å². The molecule has 0 unspecified atom stereocenters. The van der Waals surface area contributed by atoms with Crippen LogP contribution in [0.5, 0.6) is 17.2 Å². The summed E-state index contributed by atoms with van der Waals surface area (Å²) in [6, 6.07) is 20.3. The van der Waals surface area contributed by atoms with Gasteiger partial charge in [0.25, 0.3) is 0 Å². The van der Waals surface area contributed by atoms with Crippen molar-refractivity contribution in [3.63, 3.8) is 0 Å². The molecule has 0 amide bonds. The molecule has 3 aromatic carbocycles. The van der Waals surface area contributed by atoms with Crippen LogP contribution in [0.1, 0.15) is 5.56 Å². The largest absolute Gasteiger partial charge is 0.507 e. The molecule has 0 bridgehead atoms. The van der Waals surface area contributed by atoms with Crippen molar-refractivity contribution in [1.29, 1.82) is 0 Å². The Morgan fingerprint density at radius 2 is 1.50 bits per heavy atom. The van der Waals surface area contributed by atoms with E-state index in [1.807, 2.05) is 54.6 Å². The third-order valence-electron chi connectivity index (χ3n) is 4.50. The lowest BCUT2D eigenvalue weighted by Crippen LogP contribution is -1.85. The van der Waals surface area contributed by atoms with Crippen molar-refractivity contribution in [3.05, 3.63) is 72.3 Å². The second-order valence-electron chi connectivity index (χ2n) is 6.19. The number of aliphatic imine (C=N–C) groups is 1. The highest BCUT2D eigenvalue weighted by Crippen LogP contribution is 2.44. The van der Waals surface area contributed by atoms with Crippen LogP contribution in [0.4, 0.5) is 5.88 Å². The van der Waals surface area contributed by atoms with Gasteiger partial charge in [0.15, 0.2) is 0 Å². The number of ether oxygens (including phenoxy) is 2. The Morgan fingerprint density at radius 3 is 2.14 bits per heavy atom. The Labute approximate surface area is 162 Å². The van der Waals surface area contributed by atoms with Crippen LogP contribution < -0.4 is 9.47 Å². The van der Waals surface area contributed by atoms with Crippen molar-refractivity contribution in [2.24, 2.45) is 4.99 Å². The predicted molar refractivity (Wildman–Crippen MR) is 110 cm³/mol. The van der Waals surface area contributed by atoms with Gasteiger partial charge < -0.3 is 19.0 Å². The standard InChI is InChI=1S/C23H19NO4/c1-26-17-10-6-15(7-11-17)14-24-23-21(16-8-12-18(27-2)13-9-16)22-19(25)4-3-5-20(22)28-23/h3-14,25H,1-2H3. The average molecular weight is 373 g/mol. The molecule has 1 N–H and O–H groups in total. The maximum Gasteiger partial charge on any atom is 0.228 e. The number of methoxy groups -OCH3 is 2. The molecular formula is C23H19NO4. The van der Waals surface area contributed by atoms with Gasteiger partial charge in [-0.25, -0.2) is 4.99 Å². The second kappa shape index (κ2) is 7.48. The van der Waals surface area contributed by atoms with Crippen molar-refractivity contribution in [2.45, 2.75) is 0 Å². The monoisotopic (exact) mass is 373 g/mol. The van der Waals surface area contributed by atoms with E-state index >= 15 is 0 Å². The van der Waals surface area contributed by atoms with Crippen LogP contribution in [-0.4, -0.2) is 25.5 Å². The summed E-state index contributed by atoms with van der Waals surface area (Å²) >= 11 is 0. The average Bonchev–Trinajstić information content (AvgIpc) is 3.12. The van der Waals surface area contributed by atoms with E-state index in [4.69, 9.17) is 13.9 Å².